The van der Waals surface area contributed by atoms with Gasteiger partial charge < -0.3 is 14.0 Å². The number of nitrogens with zero attached hydrogens (tertiary/aromatic N) is 1. The highest BCUT2D eigenvalue weighted by Crippen LogP contribution is 2.20. The van der Waals surface area contributed by atoms with Gasteiger partial charge in [0.2, 0.25) is 0 Å². The Hall–Kier alpha value is -2.33. The molecule has 0 aliphatic rings. The van der Waals surface area contributed by atoms with Gasteiger partial charge in [0.15, 0.2) is 6.04 Å². The first-order valence-corrected chi connectivity index (χ1v) is 16.2. The van der Waals surface area contributed by atoms with Crippen molar-refractivity contribution in [1.29, 1.82) is 0 Å². The lowest BCUT2D eigenvalue weighted by atomic mass is 10.0. The van der Waals surface area contributed by atoms with Gasteiger partial charge in [0.1, 0.15) is 12.3 Å². The molecule has 0 aromatic heterocycles. The van der Waals surface area contributed by atoms with Gasteiger partial charge in [-0.25, -0.2) is 4.79 Å². The molecule has 0 N–H and O–H groups in total. The van der Waals surface area contributed by atoms with Gasteiger partial charge in [-0.15, -0.1) is 0 Å². The number of hydrogen-bond donors (Lipinski definition) is 0. The first-order valence-electron chi connectivity index (χ1n) is 16.2. The first kappa shape index (κ1) is 33.9. The van der Waals surface area contributed by atoms with Gasteiger partial charge in [-0.05, 0) is 37.0 Å². The number of carbonyl (C=O) groups is 1. The maximum Gasteiger partial charge on any atom is 0.364 e. The molecule has 0 saturated heterocycles. The normalized spacial score (nSPS) is 12.3. The van der Waals surface area contributed by atoms with Gasteiger partial charge >= 0.3 is 5.97 Å². The summed E-state index contributed by atoms with van der Waals surface area (Å²) >= 11 is 0. The van der Waals surface area contributed by atoms with Crippen molar-refractivity contribution in [1.82, 2.24) is 0 Å². The Balaban J connectivity index is 1.57. The van der Waals surface area contributed by atoms with Crippen LogP contribution in [-0.2, 0) is 22.5 Å². The van der Waals surface area contributed by atoms with E-state index in [1.54, 1.807) is 0 Å². The predicted octanol–water partition coefficient (Wildman–Crippen LogP) is 9.30. The smallest absolute Gasteiger partial charge is 0.364 e. The number of aryl methyl sites for hydroxylation is 1. The molecule has 0 amide bonds. The van der Waals surface area contributed by atoms with Crippen LogP contribution in [0.15, 0.2) is 54.6 Å². The van der Waals surface area contributed by atoms with Crippen molar-refractivity contribution in [3.63, 3.8) is 0 Å². The Morgan fingerprint density at radius 3 is 1.88 bits per heavy atom. The van der Waals surface area contributed by atoms with Crippen LogP contribution in [0.4, 0.5) is 0 Å². The monoisotopic (exact) mass is 552 g/mol. The fourth-order valence-corrected chi connectivity index (χ4v) is 5.45. The molecule has 4 heteroatoms. The van der Waals surface area contributed by atoms with Gasteiger partial charge in [-0.2, -0.15) is 0 Å². The van der Waals surface area contributed by atoms with Crippen LogP contribution in [0.25, 0.3) is 0 Å². The van der Waals surface area contributed by atoms with Crippen molar-refractivity contribution in [3.8, 4) is 5.75 Å². The van der Waals surface area contributed by atoms with E-state index in [0.29, 0.717) is 24.1 Å². The zero-order chi connectivity index (χ0) is 28.9. The van der Waals surface area contributed by atoms with E-state index < -0.39 is 0 Å². The Bertz CT molecular complexity index is 894. The summed E-state index contributed by atoms with van der Waals surface area (Å²) in [5, 5.41) is 0. The lowest BCUT2D eigenvalue weighted by Gasteiger charge is -2.36. The minimum Gasteiger partial charge on any atom is -0.493 e. The lowest BCUT2D eigenvalue weighted by Crippen LogP contribution is -2.52. The highest BCUT2D eigenvalue weighted by molar-refractivity contribution is 5.74. The predicted molar refractivity (Wildman–Crippen MR) is 169 cm³/mol. The SMILES string of the molecule is CCCCCCCCCCCCCc1ccc(OCCCOC(=O)C(CCC)[N+](C)(C)Cc2ccccc2)cc1. The molecular formula is C36H58NO3+. The van der Waals surface area contributed by atoms with Crippen molar-refractivity contribution in [2.45, 2.75) is 123 Å². The molecule has 0 heterocycles. The molecule has 1 atom stereocenters. The van der Waals surface area contributed by atoms with E-state index in [0.717, 1.165) is 31.6 Å². The van der Waals surface area contributed by atoms with Crippen LogP contribution in [0.2, 0.25) is 0 Å². The van der Waals surface area contributed by atoms with E-state index in [2.05, 4.69) is 76.5 Å². The van der Waals surface area contributed by atoms with Crippen LogP contribution in [0.1, 0.15) is 115 Å². The molecule has 0 aliphatic heterocycles. The number of esters is 1. The third kappa shape index (κ3) is 14.3. The second-order valence-corrected chi connectivity index (χ2v) is 12.0. The zero-order valence-electron chi connectivity index (χ0n) is 26.2. The van der Waals surface area contributed by atoms with Gasteiger partial charge in [0, 0.05) is 18.4 Å². The molecule has 4 nitrogen and oxygen atoms in total. The summed E-state index contributed by atoms with van der Waals surface area (Å²) in [5.41, 5.74) is 2.62. The molecule has 1 unspecified atom stereocenters. The van der Waals surface area contributed by atoms with Crippen LogP contribution in [0, 0.1) is 0 Å². The minimum atomic E-state index is -0.168. The van der Waals surface area contributed by atoms with Crippen molar-refractivity contribution >= 4 is 5.97 Å². The van der Waals surface area contributed by atoms with Gasteiger partial charge in [0.25, 0.3) is 0 Å². The maximum absolute atomic E-state index is 13.0. The molecule has 0 radical (unpaired) electrons. The molecule has 2 aromatic carbocycles. The van der Waals surface area contributed by atoms with Crippen molar-refractivity contribution < 1.29 is 18.8 Å². The number of ether oxygens (including phenoxy) is 2. The van der Waals surface area contributed by atoms with E-state index in [-0.39, 0.29) is 12.0 Å². The topological polar surface area (TPSA) is 35.5 Å². The maximum atomic E-state index is 13.0. The van der Waals surface area contributed by atoms with E-state index in [1.807, 2.05) is 6.07 Å². The van der Waals surface area contributed by atoms with Crippen LogP contribution >= 0.6 is 0 Å². The number of benzene rings is 2. The fourth-order valence-electron chi connectivity index (χ4n) is 5.45. The number of quaternary nitrogens is 1. The van der Waals surface area contributed by atoms with Gasteiger partial charge in [-0.3, -0.25) is 0 Å². The number of unbranched alkanes of at least 4 members (excludes halogenated alkanes) is 10. The molecule has 2 aromatic rings. The van der Waals surface area contributed by atoms with Crippen LogP contribution in [-0.4, -0.2) is 43.8 Å². The van der Waals surface area contributed by atoms with E-state index in [4.69, 9.17) is 9.47 Å². The van der Waals surface area contributed by atoms with E-state index >= 15 is 0 Å². The van der Waals surface area contributed by atoms with Gasteiger partial charge in [-0.1, -0.05) is 121 Å². The molecular weight excluding hydrogens is 494 g/mol. The second kappa shape index (κ2) is 20.5. The molecule has 0 aliphatic carbocycles. The fraction of sp³-hybridized carbons (Fsp3) is 0.639. The second-order valence-electron chi connectivity index (χ2n) is 12.0. The summed E-state index contributed by atoms with van der Waals surface area (Å²) in [6.45, 7) is 6.15. The lowest BCUT2D eigenvalue weighted by molar-refractivity contribution is -0.920. The van der Waals surface area contributed by atoms with Crippen molar-refractivity contribution in [3.05, 3.63) is 65.7 Å². The average molecular weight is 553 g/mol. The third-order valence-electron chi connectivity index (χ3n) is 7.90. The Morgan fingerprint density at radius 2 is 1.27 bits per heavy atom. The standard InChI is InChI=1S/C36H58NO3/c1-5-7-8-9-10-11-12-13-14-15-17-22-32-25-27-34(28-26-32)39-29-20-30-40-36(38)35(21-6-2)37(3,4)31-33-23-18-16-19-24-33/h16,18-19,23-28,35H,5-15,17,20-22,29-31H2,1-4H3/q+1. The Labute approximate surface area is 246 Å². The summed E-state index contributed by atoms with van der Waals surface area (Å²) in [7, 11) is 4.25. The number of hydrogen-bond acceptors (Lipinski definition) is 3. The number of carbonyl (C=O) groups excluding carboxylic acids is 1. The minimum absolute atomic E-state index is 0.102. The quantitative estimate of drug-likeness (QED) is 0.0783. The molecule has 0 bridgehead atoms. The summed E-state index contributed by atoms with van der Waals surface area (Å²) in [6, 6.07) is 18.7. The van der Waals surface area contributed by atoms with Crippen molar-refractivity contribution in [2.75, 3.05) is 27.3 Å². The highest BCUT2D eigenvalue weighted by Gasteiger charge is 2.35. The Morgan fingerprint density at radius 1 is 0.675 bits per heavy atom. The van der Waals surface area contributed by atoms with Crippen molar-refractivity contribution in [2.24, 2.45) is 0 Å². The summed E-state index contributed by atoms with van der Waals surface area (Å²) in [6.07, 6.45) is 18.8. The molecule has 224 valence electrons. The molecule has 0 spiro atoms. The summed E-state index contributed by atoms with van der Waals surface area (Å²) in [4.78, 5) is 13.0. The average Bonchev–Trinajstić information content (AvgIpc) is 2.95. The molecule has 40 heavy (non-hydrogen) atoms. The molecule has 2 rings (SSSR count). The van der Waals surface area contributed by atoms with Crippen LogP contribution < -0.4 is 4.74 Å². The summed E-state index contributed by atoms with van der Waals surface area (Å²) in [5.74, 6) is 0.785. The molecule has 0 fully saturated rings. The van der Waals surface area contributed by atoms with Gasteiger partial charge in [0.05, 0.1) is 27.3 Å². The van der Waals surface area contributed by atoms with Crippen LogP contribution in [0.3, 0.4) is 0 Å². The van der Waals surface area contributed by atoms with E-state index in [1.165, 1.54) is 81.8 Å². The largest absolute Gasteiger partial charge is 0.493 e. The van der Waals surface area contributed by atoms with E-state index in [9.17, 15) is 4.79 Å². The van der Waals surface area contributed by atoms with Crippen LogP contribution in [0.5, 0.6) is 5.75 Å². The number of rotatable bonds is 23. The Kier molecular flexibility index (Phi) is 17.4. The third-order valence-corrected chi connectivity index (χ3v) is 7.90. The summed E-state index contributed by atoms with van der Waals surface area (Å²) < 4.78 is 12.2. The molecule has 0 saturated carbocycles. The zero-order valence-corrected chi connectivity index (χ0v) is 26.2. The number of likely N-dealkylation sites (N-methyl/N-ethyl adjacent to an activating group) is 1. The highest BCUT2D eigenvalue weighted by atomic mass is 16.5. The first-order chi connectivity index (χ1) is 19.5.